The fourth-order valence-corrected chi connectivity index (χ4v) is 4.77. The lowest BCUT2D eigenvalue weighted by molar-refractivity contribution is 0.0977. The van der Waals surface area contributed by atoms with Gasteiger partial charge in [0.05, 0.1) is 11.9 Å². The molecule has 1 fully saturated rings. The summed E-state index contributed by atoms with van der Waals surface area (Å²) < 4.78 is 0. The Balaban J connectivity index is -0.0000000891. The Morgan fingerprint density at radius 3 is 1.82 bits per heavy atom. The maximum absolute atomic E-state index is 12.5. The standard InChI is InChI=1S/C24H29N5O.C22H2.HN7O.12H2/c1-29-12-9-17(10-13-29)2-5-20-15-28-22(16-27-20)23(30)7-4-18-3-6-21-19(14-18)8-11-26-24(21)25;1-3-5-7-9-11-13-15-17-19-21-22-20-18-16-14-12-10-8-6-4-2;1-2-3-4-5-6-7-8;;;;;;;;;;;;/h3,6,8,11,14-17H,2,4-5,7,9-10,12-13H2,1H3,(H2,25,26);1-2H;1H;12*1H/b;;2-1?,4-3+,6-5+;;;;;;;;;;;;. The first-order valence-electron chi connectivity index (χ1n) is 17.5. The zero-order valence-corrected chi connectivity index (χ0v) is 32.3. The zero-order valence-electron chi connectivity index (χ0n) is 32.3. The SMILES string of the molecule is C#CC#CC#CC#CC#CC#CC#CC#CC#CC#CC#C.CN1CCC(CCc2cnc(C(=O)CCc3ccc4c(N)nccc4c3)cn2)CC1.N=N/N=N/N=N/N=O.[HH].[HH].[HH].[HH].[HH].[HH].[HH].[HH].[HH].[HH].[HH].[HH]. The van der Waals surface area contributed by atoms with Crippen LogP contribution in [0.1, 0.15) is 64.5 Å². The van der Waals surface area contributed by atoms with Gasteiger partial charge in [0.25, 0.3) is 0 Å². The molecule has 312 valence electrons. The number of pyridine rings is 1. The van der Waals surface area contributed by atoms with Crippen LogP contribution < -0.4 is 5.73 Å². The number of anilines is 1. The Labute approximate surface area is 367 Å². The first kappa shape index (κ1) is 46.9. The quantitative estimate of drug-likeness (QED) is 0.0673. The number of nitrogen functional groups attached to an aromatic ring is 1. The largest absolute Gasteiger partial charge is 0.383 e. The van der Waals surface area contributed by atoms with Crippen molar-refractivity contribution < 1.29 is 21.9 Å². The number of aryl methyl sites for hydroxylation is 2. The molecule has 14 heteroatoms. The number of nitroso groups, excluding NO2 is 1. The smallest absolute Gasteiger partial charge is 0.183 e. The summed E-state index contributed by atoms with van der Waals surface area (Å²) in [5.41, 5.74) is 14.4. The Bertz CT molecular complexity index is 2680. The van der Waals surface area contributed by atoms with Crippen LogP contribution in [-0.2, 0) is 12.8 Å². The number of carbonyl (C=O) groups is 1. The van der Waals surface area contributed by atoms with Gasteiger partial charge in [0.2, 0.25) is 0 Å². The highest BCUT2D eigenvalue weighted by atomic mass is 16.3. The molecule has 14 nitrogen and oxygen atoms in total. The minimum Gasteiger partial charge on any atom is -0.383 e. The number of piperidine rings is 1. The lowest BCUT2D eigenvalue weighted by atomic mass is 9.92. The Morgan fingerprint density at radius 2 is 1.32 bits per heavy atom. The molecule has 3 aromatic rings. The number of nitrogens with one attached hydrogen (secondary N) is 1. The minimum atomic E-state index is 0. The summed E-state index contributed by atoms with van der Waals surface area (Å²) in [7, 11) is 2.19. The molecule has 1 aliphatic rings. The first-order chi connectivity index (χ1) is 29.4. The van der Waals surface area contributed by atoms with Gasteiger partial charge in [0.15, 0.2) is 5.78 Å². The van der Waals surface area contributed by atoms with Gasteiger partial charge in [0.1, 0.15) is 16.8 Å². The van der Waals surface area contributed by atoms with E-state index in [1.165, 1.54) is 25.9 Å². The van der Waals surface area contributed by atoms with Gasteiger partial charge < -0.3 is 10.6 Å². The second kappa shape index (κ2) is 31.0. The number of carbonyl (C=O) groups excluding carboxylic acids is 1. The summed E-state index contributed by atoms with van der Waals surface area (Å²) in [6.45, 7) is 2.37. The molecular formula is C46H56N12O2. The number of hydrogen-bond donors (Lipinski definition) is 2. The molecule has 2 aromatic heterocycles. The molecule has 0 saturated carbocycles. The highest BCUT2D eigenvalue weighted by Crippen LogP contribution is 2.22. The summed E-state index contributed by atoms with van der Waals surface area (Å²) in [6.07, 6.45) is 20.6. The minimum absolute atomic E-state index is 0. The Hall–Kier alpha value is -9.30. The van der Waals surface area contributed by atoms with Crippen LogP contribution in [0.3, 0.4) is 0 Å². The number of likely N-dealkylation sites (tertiary alicyclic amines) is 1. The molecule has 0 aliphatic carbocycles. The third-order valence-corrected chi connectivity index (χ3v) is 7.55. The van der Waals surface area contributed by atoms with E-state index in [-0.39, 0.29) is 22.9 Å². The van der Waals surface area contributed by atoms with Crippen molar-refractivity contribution >= 4 is 22.4 Å². The van der Waals surface area contributed by atoms with E-state index in [1.54, 1.807) is 18.6 Å². The topological polar surface area (TPSA) is 200 Å². The first-order valence-corrected chi connectivity index (χ1v) is 17.5. The molecular weight excluding hydrogens is 753 g/mol. The van der Waals surface area contributed by atoms with Crippen LogP contribution in [0.4, 0.5) is 5.82 Å². The van der Waals surface area contributed by atoms with Crippen LogP contribution in [0.15, 0.2) is 74.3 Å². The molecule has 1 aromatic carbocycles. The van der Waals surface area contributed by atoms with Gasteiger partial charge >= 0.3 is 0 Å². The number of Topliss-reactive ketones (excluding diaryl/α,β-unsaturated/α-hetero) is 1. The number of terminal acetylenes is 2. The summed E-state index contributed by atoms with van der Waals surface area (Å²) in [5, 5.41) is 16.9. The van der Waals surface area contributed by atoms with Crippen LogP contribution in [0, 0.1) is 148 Å². The molecule has 0 unspecified atom stereocenters. The molecule has 0 amide bonds. The van der Waals surface area contributed by atoms with Crippen LogP contribution >= 0.6 is 0 Å². The number of ketones is 1. The number of rotatable bonds is 10. The highest BCUT2D eigenvalue weighted by molar-refractivity contribution is 5.94. The highest BCUT2D eigenvalue weighted by Gasteiger charge is 2.17. The number of hydrogen-bond acceptors (Lipinski definition) is 8. The van der Waals surface area contributed by atoms with E-state index in [9.17, 15) is 4.79 Å². The van der Waals surface area contributed by atoms with Gasteiger partial charge in [-0.25, -0.2) is 9.97 Å². The van der Waals surface area contributed by atoms with Gasteiger partial charge in [-0.15, -0.1) is 17.8 Å². The number of benzene rings is 1. The molecule has 0 spiro atoms. The van der Waals surface area contributed by atoms with E-state index in [0.29, 0.717) is 24.4 Å². The molecule has 60 heavy (non-hydrogen) atoms. The fourth-order valence-electron chi connectivity index (χ4n) is 4.77. The number of aromatic nitrogens is 3. The number of nitrogens with zero attached hydrogens (tertiary/aromatic N) is 10. The molecule has 0 atom stereocenters. The van der Waals surface area contributed by atoms with Crippen molar-refractivity contribution in [3.05, 3.63) is 64.7 Å². The van der Waals surface area contributed by atoms with Gasteiger partial charge in [-0.3, -0.25) is 9.78 Å². The van der Waals surface area contributed by atoms with Crippen molar-refractivity contribution in [1.82, 2.24) is 19.9 Å². The van der Waals surface area contributed by atoms with Gasteiger partial charge in [-0.05, 0) is 186 Å². The normalized spacial score (nSPS) is 10.5. The number of nitrogens with two attached hydrogens (primary N) is 1. The summed E-state index contributed by atoms with van der Waals surface area (Å²) in [4.78, 5) is 37.0. The number of fused-ring (bicyclic) bond motifs is 1. The Morgan fingerprint density at radius 1 is 0.767 bits per heavy atom. The summed E-state index contributed by atoms with van der Waals surface area (Å²) >= 11 is 0. The van der Waals surface area contributed by atoms with Crippen molar-refractivity contribution in [3.8, 4) is 131 Å². The van der Waals surface area contributed by atoms with E-state index in [2.05, 4.69) is 177 Å². The summed E-state index contributed by atoms with van der Waals surface area (Å²) in [6, 6.07) is 7.98. The second-order valence-electron chi connectivity index (χ2n) is 11.4. The molecule has 1 saturated heterocycles. The Kier molecular flexibility index (Phi) is 24.2. The maximum atomic E-state index is 12.5. The average Bonchev–Trinajstić information content (AvgIpc) is 3.27. The van der Waals surface area contributed by atoms with E-state index in [0.717, 1.165) is 40.8 Å². The van der Waals surface area contributed by atoms with Gasteiger partial charge in [0, 0.05) is 75.4 Å². The van der Waals surface area contributed by atoms with Crippen LogP contribution in [0.5, 0.6) is 0 Å². The van der Waals surface area contributed by atoms with Crippen molar-refractivity contribution in [3.63, 3.8) is 0 Å². The van der Waals surface area contributed by atoms with E-state index in [1.807, 2.05) is 23.5 Å². The summed E-state index contributed by atoms with van der Waals surface area (Å²) in [5.74, 6) is 49.5. The fraction of sp³-hybridized carbons (Fsp3) is 0.217. The van der Waals surface area contributed by atoms with Gasteiger partial charge in [-0.1, -0.05) is 18.2 Å². The van der Waals surface area contributed by atoms with Crippen molar-refractivity contribution in [1.29, 1.82) is 5.53 Å². The molecule has 3 N–H and O–H groups in total. The molecule has 1 aliphatic heterocycles. The average molecular weight is 809 g/mol. The van der Waals surface area contributed by atoms with Crippen LogP contribution in [0.2, 0.25) is 0 Å². The monoisotopic (exact) mass is 808 g/mol. The van der Waals surface area contributed by atoms with Crippen LogP contribution in [0.25, 0.3) is 10.8 Å². The van der Waals surface area contributed by atoms with Crippen molar-refractivity contribution in [2.24, 2.45) is 37.3 Å². The van der Waals surface area contributed by atoms with Crippen LogP contribution in [-0.4, -0.2) is 45.8 Å². The third-order valence-electron chi connectivity index (χ3n) is 7.55. The van der Waals surface area contributed by atoms with Crippen molar-refractivity contribution in [2.45, 2.75) is 38.5 Å². The predicted octanol–water partition coefficient (Wildman–Crippen LogP) is 8.37. The zero-order chi connectivity index (χ0) is 43.3. The van der Waals surface area contributed by atoms with E-state index < -0.39 is 0 Å². The van der Waals surface area contributed by atoms with E-state index >= 15 is 0 Å². The maximum Gasteiger partial charge on any atom is 0.183 e. The molecule has 0 bridgehead atoms. The lowest BCUT2D eigenvalue weighted by Crippen LogP contribution is -2.30. The van der Waals surface area contributed by atoms with E-state index in [4.69, 9.17) is 29.0 Å². The predicted molar refractivity (Wildman–Crippen MR) is 253 cm³/mol. The molecule has 3 heterocycles. The lowest BCUT2D eigenvalue weighted by Gasteiger charge is -2.28. The molecule has 4 rings (SSSR count). The third kappa shape index (κ3) is 21.6. The molecule has 0 radical (unpaired) electrons. The second-order valence-corrected chi connectivity index (χ2v) is 11.4. The van der Waals surface area contributed by atoms with Crippen molar-refractivity contribution in [2.75, 3.05) is 25.9 Å². The van der Waals surface area contributed by atoms with Gasteiger partial charge in [-0.2, -0.15) is 5.53 Å².